The first-order chi connectivity index (χ1) is 14.3. The molecule has 1 fully saturated rings. The number of aliphatic imine (C=N–C) groups is 1. The van der Waals surface area contributed by atoms with Crippen LogP contribution in [-0.2, 0) is 13.0 Å². The molecule has 1 saturated heterocycles. The minimum atomic E-state index is 0.819. The molecule has 1 N–H and O–H groups in total. The van der Waals surface area contributed by atoms with Crippen molar-refractivity contribution >= 4 is 11.9 Å². The molecule has 3 heterocycles. The first kappa shape index (κ1) is 19.6. The van der Waals surface area contributed by atoms with Gasteiger partial charge in [0.2, 0.25) is 5.95 Å². The molecule has 154 valence electrons. The number of fused-ring (bicyclic) bond motifs is 1. The number of guanidine groups is 1. The Kier molecular flexibility index (Phi) is 6.56. The molecule has 2 aliphatic rings. The summed E-state index contributed by atoms with van der Waals surface area (Å²) in [4.78, 5) is 20.8. The lowest BCUT2D eigenvalue weighted by Crippen LogP contribution is -2.53. The molecule has 4 rings (SSSR count). The summed E-state index contributed by atoms with van der Waals surface area (Å²) in [7, 11) is 0. The molecular weight excluding hydrogens is 362 g/mol. The predicted molar refractivity (Wildman–Crippen MR) is 117 cm³/mol. The lowest BCUT2D eigenvalue weighted by atomic mass is 10.00. The van der Waals surface area contributed by atoms with Gasteiger partial charge in [-0.25, -0.2) is 9.97 Å². The van der Waals surface area contributed by atoms with Gasteiger partial charge < -0.3 is 15.1 Å². The molecule has 0 bridgehead atoms. The van der Waals surface area contributed by atoms with Crippen molar-refractivity contribution in [3.8, 4) is 0 Å². The highest BCUT2D eigenvalue weighted by Crippen LogP contribution is 2.18. The highest BCUT2D eigenvalue weighted by Gasteiger charge is 2.21. The Labute approximate surface area is 173 Å². The van der Waals surface area contributed by atoms with Gasteiger partial charge in [-0.1, -0.05) is 24.3 Å². The third kappa shape index (κ3) is 5.03. The van der Waals surface area contributed by atoms with Crippen LogP contribution in [0.3, 0.4) is 0 Å². The van der Waals surface area contributed by atoms with Crippen LogP contribution in [-0.4, -0.2) is 78.1 Å². The Hall–Kier alpha value is -2.67. The number of aromatic nitrogens is 2. The van der Waals surface area contributed by atoms with Gasteiger partial charge in [0.1, 0.15) is 0 Å². The fraction of sp³-hybridized carbons (Fsp3) is 0.500. The van der Waals surface area contributed by atoms with E-state index in [1.165, 1.54) is 11.1 Å². The Morgan fingerprint density at radius 3 is 2.52 bits per heavy atom. The fourth-order valence-electron chi connectivity index (χ4n) is 4.04. The van der Waals surface area contributed by atoms with E-state index in [4.69, 9.17) is 4.99 Å². The molecule has 7 heteroatoms. The van der Waals surface area contributed by atoms with Gasteiger partial charge in [0.05, 0.1) is 6.54 Å². The van der Waals surface area contributed by atoms with Gasteiger partial charge in [0.25, 0.3) is 0 Å². The number of nitrogens with zero attached hydrogens (tertiary/aromatic N) is 6. The van der Waals surface area contributed by atoms with Crippen molar-refractivity contribution in [2.45, 2.75) is 19.9 Å². The van der Waals surface area contributed by atoms with Crippen molar-refractivity contribution in [1.29, 1.82) is 0 Å². The van der Waals surface area contributed by atoms with Crippen molar-refractivity contribution in [2.75, 3.05) is 57.3 Å². The number of anilines is 1. The third-order valence-corrected chi connectivity index (χ3v) is 5.64. The molecule has 0 aliphatic carbocycles. The molecule has 2 aliphatic heterocycles. The van der Waals surface area contributed by atoms with Crippen LogP contribution < -0.4 is 10.2 Å². The summed E-state index contributed by atoms with van der Waals surface area (Å²) < 4.78 is 0. The highest BCUT2D eigenvalue weighted by atomic mass is 15.4. The predicted octanol–water partition coefficient (Wildman–Crippen LogP) is 1.62. The number of piperazine rings is 1. The molecule has 0 unspecified atom stereocenters. The van der Waals surface area contributed by atoms with Gasteiger partial charge in [-0.2, -0.15) is 0 Å². The fourth-order valence-corrected chi connectivity index (χ4v) is 4.04. The van der Waals surface area contributed by atoms with Gasteiger partial charge in [0, 0.05) is 64.8 Å². The minimum absolute atomic E-state index is 0.819. The van der Waals surface area contributed by atoms with E-state index >= 15 is 0 Å². The lowest BCUT2D eigenvalue weighted by Gasteiger charge is -2.36. The van der Waals surface area contributed by atoms with Crippen LogP contribution in [0.2, 0.25) is 0 Å². The van der Waals surface area contributed by atoms with Crippen LogP contribution in [0, 0.1) is 0 Å². The van der Waals surface area contributed by atoms with Crippen molar-refractivity contribution in [2.24, 2.45) is 4.99 Å². The second-order valence-corrected chi connectivity index (χ2v) is 7.55. The van der Waals surface area contributed by atoms with Gasteiger partial charge in [0.15, 0.2) is 5.96 Å². The van der Waals surface area contributed by atoms with Gasteiger partial charge in [-0.3, -0.25) is 9.89 Å². The molecule has 1 aromatic carbocycles. The van der Waals surface area contributed by atoms with Crippen LogP contribution in [0.4, 0.5) is 5.95 Å². The number of benzene rings is 1. The number of nitrogens with one attached hydrogen (secondary N) is 1. The Morgan fingerprint density at radius 1 is 1.00 bits per heavy atom. The molecule has 0 spiro atoms. The zero-order chi connectivity index (χ0) is 19.9. The Morgan fingerprint density at radius 2 is 1.76 bits per heavy atom. The quantitative estimate of drug-likeness (QED) is 0.615. The second-order valence-electron chi connectivity index (χ2n) is 7.55. The normalized spacial score (nSPS) is 17.9. The minimum Gasteiger partial charge on any atom is -0.357 e. The van der Waals surface area contributed by atoms with Crippen LogP contribution >= 0.6 is 0 Å². The highest BCUT2D eigenvalue weighted by molar-refractivity contribution is 5.80. The molecular formula is C22H31N7. The van der Waals surface area contributed by atoms with E-state index in [9.17, 15) is 0 Å². The summed E-state index contributed by atoms with van der Waals surface area (Å²) in [6.07, 6.45) is 4.75. The number of hydrogen-bond acceptors (Lipinski definition) is 5. The Bertz CT molecular complexity index is 800. The van der Waals surface area contributed by atoms with E-state index in [-0.39, 0.29) is 0 Å². The standard InChI is InChI=1S/C22H31N7/c1-2-23-21(28-14-16-29(17-15-28)22-24-9-5-10-25-22)26-11-13-27-12-8-19-6-3-4-7-20(19)18-27/h3-7,9-10H,2,8,11-18H2,1H3,(H,23,26). The summed E-state index contributed by atoms with van der Waals surface area (Å²) in [6, 6.07) is 10.7. The third-order valence-electron chi connectivity index (χ3n) is 5.64. The maximum atomic E-state index is 4.93. The average molecular weight is 394 g/mol. The van der Waals surface area contributed by atoms with Gasteiger partial charge >= 0.3 is 0 Å². The molecule has 0 amide bonds. The molecule has 0 radical (unpaired) electrons. The number of rotatable bonds is 5. The second kappa shape index (κ2) is 9.69. The maximum Gasteiger partial charge on any atom is 0.225 e. The first-order valence-corrected chi connectivity index (χ1v) is 10.7. The summed E-state index contributed by atoms with van der Waals surface area (Å²) in [5.74, 6) is 1.85. The lowest BCUT2D eigenvalue weighted by molar-refractivity contribution is 0.261. The van der Waals surface area contributed by atoms with Crippen molar-refractivity contribution < 1.29 is 0 Å². The summed E-state index contributed by atoms with van der Waals surface area (Å²) in [5, 5.41) is 3.47. The Balaban J connectivity index is 1.29. The maximum absolute atomic E-state index is 4.93. The smallest absolute Gasteiger partial charge is 0.225 e. The first-order valence-electron chi connectivity index (χ1n) is 10.7. The zero-order valence-corrected chi connectivity index (χ0v) is 17.3. The van der Waals surface area contributed by atoms with Crippen LogP contribution in [0.15, 0.2) is 47.7 Å². The van der Waals surface area contributed by atoms with Crippen LogP contribution in [0.5, 0.6) is 0 Å². The van der Waals surface area contributed by atoms with E-state index in [1.807, 2.05) is 6.07 Å². The van der Waals surface area contributed by atoms with Gasteiger partial charge in [-0.05, 0) is 30.5 Å². The van der Waals surface area contributed by atoms with E-state index in [0.29, 0.717) is 0 Å². The molecule has 29 heavy (non-hydrogen) atoms. The van der Waals surface area contributed by atoms with E-state index in [0.717, 1.165) is 77.2 Å². The zero-order valence-electron chi connectivity index (χ0n) is 17.3. The molecule has 1 aromatic heterocycles. The van der Waals surface area contributed by atoms with E-state index < -0.39 is 0 Å². The summed E-state index contributed by atoms with van der Waals surface area (Å²) in [5.41, 5.74) is 2.97. The summed E-state index contributed by atoms with van der Waals surface area (Å²) in [6.45, 7) is 10.7. The monoisotopic (exact) mass is 393 g/mol. The van der Waals surface area contributed by atoms with Crippen LogP contribution in [0.25, 0.3) is 0 Å². The van der Waals surface area contributed by atoms with E-state index in [2.05, 4.69) is 61.2 Å². The van der Waals surface area contributed by atoms with Gasteiger partial charge in [-0.15, -0.1) is 0 Å². The number of hydrogen-bond donors (Lipinski definition) is 1. The van der Waals surface area contributed by atoms with Crippen molar-refractivity contribution in [3.63, 3.8) is 0 Å². The molecule has 2 aromatic rings. The average Bonchev–Trinajstić information content (AvgIpc) is 2.79. The molecule has 0 atom stereocenters. The SMILES string of the molecule is CCNC(=NCCN1CCc2ccccc2C1)N1CCN(c2ncccn2)CC1. The molecule has 0 saturated carbocycles. The van der Waals surface area contributed by atoms with Crippen molar-refractivity contribution in [1.82, 2.24) is 25.1 Å². The topological polar surface area (TPSA) is 59.9 Å². The molecule has 7 nitrogen and oxygen atoms in total. The van der Waals surface area contributed by atoms with Crippen molar-refractivity contribution in [3.05, 3.63) is 53.9 Å². The van der Waals surface area contributed by atoms with Crippen LogP contribution in [0.1, 0.15) is 18.1 Å². The summed E-state index contributed by atoms with van der Waals surface area (Å²) >= 11 is 0. The largest absolute Gasteiger partial charge is 0.357 e. The van der Waals surface area contributed by atoms with E-state index in [1.54, 1.807) is 12.4 Å².